The van der Waals surface area contributed by atoms with Gasteiger partial charge in [0.05, 0.1) is 55.3 Å². The zero-order valence-corrected chi connectivity index (χ0v) is 56.6. The Morgan fingerprint density at radius 2 is 0.540 bits per heavy atom. The van der Waals surface area contributed by atoms with Gasteiger partial charge < -0.3 is 22.7 Å². The Bertz CT molecular complexity index is 6490. The summed E-state index contributed by atoms with van der Waals surface area (Å²) in [7, 11) is 0. The molecule has 5 aromatic heterocycles. The lowest BCUT2D eigenvalue weighted by Gasteiger charge is -2.25. The molecule has 100 heavy (non-hydrogen) atoms. The summed E-state index contributed by atoms with van der Waals surface area (Å²) in [6.07, 6.45) is 0. The third-order valence-corrected chi connectivity index (χ3v) is 20.8. The van der Waals surface area contributed by atoms with Crippen molar-refractivity contribution in [2.24, 2.45) is 0 Å². The van der Waals surface area contributed by atoms with Gasteiger partial charge in [-0.25, -0.2) is 4.98 Å². The highest BCUT2D eigenvalue weighted by Gasteiger charge is 2.32. The molecule has 19 rings (SSSR count). The maximum absolute atomic E-state index is 12.6. The van der Waals surface area contributed by atoms with Crippen molar-refractivity contribution in [1.29, 1.82) is 5.26 Å². The van der Waals surface area contributed by atoms with Gasteiger partial charge in [-0.05, 0) is 234 Å². The Labute approximate surface area is 578 Å². The van der Waals surface area contributed by atoms with E-state index in [0.29, 0.717) is 28.1 Å². The number of oxazole rings is 1. The van der Waals surface area contributed by atoms with E-state index in [1.54, 1.807) is 0 Å². The van der Waals surface area contributed by atoms with E-state index in [4.69, 9.17) is 9.40 Å². The smallest absolute Gasteiger partial charge is 0.229 e. The Morgan fingerprint density at radius 1 is 0.270 bits per heavy atom. The fourth-order valence-electron chi connectivity index (χ4n) is 16.3. The quantitative estimate of drug-likeness (QED) is 0.145. The highest BCUT2D eigenvalue weighted by Crippen LogP contribution is 2.54. The lowest BCUT2D eigenvalue weighted by atomic mass is 9.77. The van der Waals surface area contributed by atoms with E-state index in [1.807, 2.05) is 24.3 Å². The number of nitriles is 1. The number of hydrogen-bond acceptors (Lipinski definition) is 3. The third-order valence-electron chi connectivity index (χ3n) is 20.8. The lowest BCUT2D eigenvalue weighted by Crippen LogP contribution is -2.03. The van der Waals surface area contributed by atoms with E-state index in [1.165, 1.54) is 82.0 Å². The summed E-state index contributed by atoms with van der Waals surface area (Å²) < 4.78 is 16.6. The molecule has 474 valence electrons. The second-order valence-electron chi connectivity index (χ2n) is 27.5. The number of aryl methyl sites for hydroxylation is 7. The van der Waals surface area contributed by atoms with Crippen molar-refractivity contribution in [3.63, 3.8) is 0 Å². The van der Waals surface area contributed by atoms with Gasteiger partial charge >= 0.3 is 0 Å². The summed E-state index contributed by atoms with van der Waals surface area (Å²) in [5.74, 6) is 0.357. The Kier molecular flexibility index (Phi) is 13.1. The van der Waals surface area contributed by atoms with Gasteiger partial charge in [-0.1, -0.05) is 160 Å². The van der Waals surface area contributed by atoms with E-state index < -0.39 is 0 Å². The predicted octanol–water partition coefficient (Wildman–Crippen LogP) is 24.6. The van der Waals surface area contributed by atoms with E-state index in [9.17, 15) is 5.26 Å². The van der Waals surface area contributed by atoms with Crippen molar-refractivity contribution in [1.82, 2.24) is 23.3 Å². The minimum absolute atomic E-state index is 0.357. The number of para-hydroxylation sites is 3. The van der Waals surface area contributed by atoms with Crippen molar-refractivity contribution in [3.05, 3.63) is 317 Å². The van der Waals surface area contributed by atoms with Crippen LogP contribution in [0.2, 0.25) is 0 Å². The molecule has 0 aliphatic heterocycles. The Morgan fingerprint density at radius 3 is 0.870 bits per heavy atom. The average molecular weight is 1280 g/mol. The van der Waals surface area contributed by atoms with Gasteiger partial charge in [0.15, 0.2) is 5.58 Å². The van der Waals surface area contributed by atoms with Crippen LogP contribution in [-0.4, -0.2) is 23.3 Å². The summed E-state index contributed by atoms with van der Waals surface area (Å²) in [5, 5.41) is 22.3. The molecule has 14 aromatic carbocycles. The Hall–Kier alpha value is -12.8. The van der Waals surface area contributed by atoms with Crippen LogP contribution in [0, 0.1) is 59.8 Å². The van der Waals surface area contributed by atoms with Gasteiger partial charge in [-0.3, -0.25) is 0 Å². The van der Waals surface area contributed by atoms with Gasteiger partial charge in [0.25, 0.3) is 0 Å². The average Bonchev–Trinajstić information content (AvgIpc) is 1.43. The molecule has 0 spiro atoms. The minimum Gasteiger partial charge on any atom is -0.436 e. The lowest BCUT2D eigenvalue weighted by molar-refractivity contribution is 0.620. The van der Waals surface area contributed by atoms with Crippen LogP contribution >= 0.6 is 0 Å². The highest BCUT2D eigenvalue weighted by molar-refractivity contribution is 6.15. The zero-order valence-electron chi connectivity index (χ0n) is 56.6. The zero-order chi connectivity index (χ0) is 67.3. The minimum atomic E-state index is 0.357. The number of benzene rings is 14. The van der Waals surface area contributed by atoms with E-state index >= 15 is 0 Å². The van der Waals surface area contributed by atoms with Crippen molar-refractivity contribution in [2.45, 2.75) is 48.5 Å². The van der Waals surface area contributed by atoms with Gasteiger partial charge in [0, 0.05) is 77.0 Å². The molecular formula is C93H66N6O. The molecule has 0 N–H and O–H groups in total. The molecule has 0 radical (unpaired) electrons. The van der Waals surface area contributed by atoms with Crippen LogP contribution < -0.4 is 0 Å². The normalized spacial score (nSPS) is 11.9. The molecule has 7 heteroatoms. The van der Waals surface area contributed by atoms with Crippen molar-refractivity contribution >= 4 is 98.3 Å². The maximum Gasteiger partial charge on any atom is 0.229 e. The first-order valence-electron chi connectivity index (χ1n) is 34.4. The molecule has 0 aliphatic carbocycles. The molecule has 0 atom stereocenters. The van der Waals surface area contributed by atoms with Crippen molar-refractivity contribution < 1.29 is 4.42 Å². The van der Waals surface area contributed by atoms with Crippen molar-refractivity contribution in [2.75, 3.05) is 0 Å². The fourth-order valence-corrected chi connectivity index (χ4v) is 16.3. The Balaban J connectivity index is 0.923. The molecule has 5 heterocycles. The van der Waals surface area contributed by atoms with E-state index in [-0.39, 0.29) is 0 Å². The highest BCUT2D eigenvalue weighted by atomic mass is 16.3. The monoisotopic (exact) mass is 1280 g/mol. The summed E-state index contributed by atoms with van der Waals surface area (Å²) >= 11 is 0. The molecular weight excluding hydrogens is 1220 g/mol. The van der Waals surface area contributed by atoms with Crippen LogP contribution in [0.1, 0.15) is 44.5 Å². The molecule has 0 aliphatic rings. The first kappa shape index (κ1) is 58.6. The predicted molar refractivity (Wildman–Crippen MR) is 416 cm³/mol. The number of nitrogens with zero attached hydrogens (tertiary/aromatic N) is 6. The van der Waals surface area contributed by atoms with Crippen LogP contribution in [-0.2, 0) is 0 Å². The first-order valence-corrected chi connectivity index (χ1v) is 34.4. The topological polar surface area (TPSA) is 69.5 Å². The second-order valence-corrected chi connectivity index (χ2v) is 27.5. The summed E-state index contributed by atoms with van der Waals surface area (Å²) in [5.41, 5.74) is 31.1. The third kappa shape index (κ3) is 9.07. The van der Waals surface area contributed by atoms with Crippen LogP contribution in [0.5, 0.6) is 0 Å². The number of rotatable bonds is 9. The van der Waals surface area contributed by atoms with Crippen LogP contribution in [0.3, 0.4) is 0 Å². The molecule has 0 bridgehead atoms. The molecule has 0 fully saturated rings. The number of aromatic nitrogens is 5. The largest absolute Gasteiger partial charge is 0.436 e. The first-order chi connectivity index (χ1) is 48.9. The molecule has 0 amide bonds. The van der Waals surface area contributed by atoms with Crippen LogP contribution in [0.25, 0.3) is 177 Å². The molecule has 7 nitrogen and oxygen atoms in total. The van der Waals surface area contributed by atoms with Crippen LogP contribution in [0.15, 0.2) is 277 Å². The maximum atomic E-state index is 12.6. The second kappa shape index (κ2) is 22.4. The van der Waals surface area contributed by atoms with Gasteiger partial charge in [-0.2, -0.15) is 5.26 Å². The van der Waals surface area contributed by atoms with Gasteiger partial charge in [0.2, 0.25) is 5.89 Å². The molecule has 19 aromatic rings. The summed E-state index contributed by atoms with van der Waals surface area (Å²) in [6, 6.07) is 103. The van der Waals surface area contributed by atoms with Crippen LogP contribution in [0.4, 0.5) is 0 Å². The SMILES string of the molecule is Cc1ccc2c(c1)c1ccccc1n2-c1ccc(-c2c(C#N)c(-c3nc4ccccc4o3)c(-c3ccc(-n4c5ccc(C)cc5c5cc(C)ccc54)cc3)c(-c3ccc(-n4c5ccc(C)cc5c5cc(C)ccc54)cc3)c2-c2ccc(-n3c4ccc(C)cc4c4cc(C)ccc43)cc2)cc1. The fraction of sp³-hybridized carbons (Fsp3) is 0.0753. The van der Waals surface area contributed by atoms with E-state index in [2.05, 4.69) is 322 Å². The van der Waals surface area contributed by atoms with Crippen molar-refractivity contribution in [3.8, 4) is 84.8 Å². The standard InChI is InChI=1S/C93H66N6O/c1-54-16-39-80-70(46-54)69-12-8-10-14-79(69)96(80)65-31-23-61(24-32-65)88-77(53-94)92(93-95-78-13-9-11-15-87(78)100-93)91(64-29-37-68(38-30-64)99-85-44-21-59(6)51-75(85)76-52-60(7)22-45-86(76)99)90(63-27-35-67(36-28-63)98-83-42-19-57(4)49-73(83)74-50-58(5)20-43-84(74)98)89(88)62-25-33-66(34-26-62)97-81-40-17-55(2)47-71(81)72-48-56(3)18-41-82(72)97/h8-52H,1-7H3. The van der Waals surface area contributed by atoms with Gasteiger partial charge in [-0.15, -0.1) is 0 Å². The molecule has 0 saturated carbocycles. The molecule has 0 saturated heterocycles. The number of hydrogen-bond donors (Lipinski definition) is 0. The summed E-state index contributed by atoms with van der Waals surface area (Å²) in [6.45, 7) is 15.2. The molecule has 0 unspecified atom stereocenters. The number of fused-ring (bicyclic) bond motifs is 13. The summed E-state index contributed by atoms with van der Waals surface area (Å²) in [4.78, 5) is 5.39. The van der Waals surface area contributed by atoms with Gasteiger partial charge in [0.1, 0.15) is 11.6 Å². The van der Waals surface area contributed by atoms with E-state index in [0.717, 1.165) is 111 Å².